The van der Waals surface area contributed by atoms with Crippen molar-refractivity contribution >= 4 is 0 Å². The molecule has 3 nitrogen and oxygen atoms in total. The number of aromatic nitrogens is 2. The Balaban J connectivity index is 2.72. The lowest BCUT2D eigenvalue weighted by Gasteiger charge is -2.12. The molecule has 0 bridgehead atoms. The summed E-state index contributed by atoms with van der Waals surface area (Å²) in [5, 5.41) is 4.31. The minimum Gasteiger partial charge on any atom is -0.302 e. The van der Waals surface area contributed by atoms with Gasteiger partial charge in [-0.15, -0.1) is 0 Å². The van der Waals surface area contributed by atoms with Gasteiger partial charge in [0, 0.05) is 24.3 Å². The predicted molar refractivity (Wildman–Crippen MR) is 54.6 cm³/mol. The minimum absolute atomic E-state index is 0.960. The SMILES string of the molecule is CCN(C)Cc1cnn(CC)c1C. The quantitative estimate of drug-likeness (QED) is 0.704. The second kappa shape index (κ2) is 4.42. The fourth-order valence-electron chi connectivity index (χ4n) is 1.36. The van der Waals surface area contributed by atoms with Crippen LogP contribution in [-0.2, 0) is 13.1 Å². The summed E-state index contributed by atoms with van der Waals surface area (Å²) in [4.78, 5) is 2.28. The molecule has 74 valence electrons. The second-order valence-corrected chi connectivity index (χ2v) is 3.40. The Labute approximate surface area is 80.4 Å². The molecular weight excluding hydrogens is 162 g/mol. The second-order valence-electron chi connectivity index (χ2n) is 3.40. The van der Waals surface area contributed by atoms with Gasteiger partial charge in [-0.05, 0) is 27.4 Å². The van der Waals surface area contributed by atoms with Gasteiger partial charge in [0.25, 0.3) is 0 Å². The topological polar surface area (TPSA) is 21.1 Å². The zero-order valence-corrected chi connectivity index (χ0v) is 9.04. The van der Waals surface area contributed by atoms with Crippen molar-refractivity contribution in [2.75, 3.05) is 13.6 Å². The van der Waals surface area contributed by atoms with Crippen LogP contribution < -0.4 is 0 Å². The molecule has 0 saturated carbocycles. The van der Waals surface area contributed by atoms with E-state index in [9.17, 15) is 0 Å². The summed E-state index contributed by atoms with van der Waals surface area (Å²) in [5.74, 6) is 0. The van der Waals surface area contributed by atoms with Gasteiger partial charge in [0.05, 0.1) is 6.20 Å². The van der Waals surface area contributed by atoms with Crippen LogP contribution in [0.1, 0.15) is 25.1 Å². The highest BCUT2D eigenvalue weighted by Gasteiger charge is 2.06. The molecule has 0 radical (unpaired) electrons. The third-order valence-corrected chi connectivity index (χ3v) is 2.48. The van der Waals surface area contributed by atoms with Gasteiger partial charge in [-0.1, -0.05) is 6.92 Å². The van der Waals surface area contributed by atoms with Crippen LogP contribution in [0.2, 0.25) is 0 Å². The van der Waals surface area contributed by atoms with E-state index in [1.807, 2.05) is 10.9 Å². The van der Waals surface area contributed by atoms with Crippen LogP contribution in [-0.4, -0.2) is 28.3 Å². The van der Waals surface area contributed by atoms with E-state index in [0.717, 1.165) is 19.6 Å². The predicted octanol–water partition coefficient (Wildman–Crippen LogP) is 1.66. The lowest BCUT2D eigenvalue weighted by Crippen LogP contribution is -2.17. The first-order valence-electron chi connectivity index (χ1n) is 4.88. The molecule has 3 heteroatoms. The van der Waals surface area contributed by atoms with Crippen LogP contribution in [0, 0.1) is 6.92 Å². The van der Waals surface area contributed by atoms with Crippen molar-refractivity contribution in [1.29, 1.82) is 0 Å². The summed E-state index contributed by atoms with van der Waals surface area (Å²) in [6.07, 6.45) is 1.98. The third kappa shape index (κ3) is 2.31. The average molecular weight is 181 g/mol. The maximum atomic E-state index is 4.31. The summed E-state index contributed by atoms with van der Waals surface area (Å²) in [5.41, 5.74) is 2.63. The molecule has 0 aliphatic carbocycles. The molecule has 1 rings (SSSR count). The Morgan fingerprint density at radius 3 is 2.62 bits per heavy atom. The highest BCUT2D eigenvalue weighted by Crippen LogP contribution is 2.08. The first kappa shape index (κ1) is 10.3. The summed E-state index contributed by atoms with van der Waals surface area (Å²) in [6, 6.07) is 0. The fourth-order valence-corrected chi connectivity index (χ4v) is 1.36. The van der Waals surface area contributed by atoms with Gasteiger partial charge in [-0.25, -0.2) is 0 Å². The molecule has 0 spiro atoms. The molecule has 13 heavy (non-hydrogen) atoms. The Morgan fingerprint density at radius 2 is 2.15 bits per heavy atom. The molecule has 0 unspecified atom stereocenters. The van der Waals surface area contributed by atoms with E-state index in [-0.39, 0.29) is 0 Å². The molecule has 0 N–H and O–H groups in total. The summed E-state index contributed by atoms with van der Waals surface area (Å²) >= 11 is 0. The van der Waals surface area contributed by atoms with Gasteiger partial charge in [0.1, 0.15) is 0 Å². The zero-order chi connectivity index (χ0) is 9.84. The maximum Gasteiger partial charge on any atom is 0.0537 e. The first-order chi connectivity index (χ1) is 6.19. The first-order valence-corrected chi connectivity index (χ1v) is 4.88. The molecule has 1 heterocycles. The minimum atomic E-state index is 0.960. The van der Waals surface area contributed by atoms with Gasteiger partial charge in [-0.3, -0.25) is 4.68 Å². The lowest BCUT2D eigenvalue weighted by molar-refractivity contribution is 0.344. The van der Waals surface area contributed by atoms with Gasteiger partial charge in [0.15, 0.2) is 0 Å². The molecule has 0 atom stereocenters. The van der Waals surface area contributed by atoms with Crippen molar-refractivity contribution in [2.24, 2.45) is 0 Å². The van der Waals surface area contributed by atoms with Gasteiger partial charge >= 0.3 is 0 Å². The highest BCUT2D eigenvalue weighted by atomic mass is 15.3. The van der Waals surface area contributed by atoms with E-state index < -0.39 is 0 Å². The van der Waals surface area contributed by atoms with Crippen LogP contribution in [0.25, 0.3) is 0 Å². The van der Waals surface area contributed by atoms with Gasteiger partial charge in [0.2, 0.25) is 0 Å². The van der Waals surface area contributed by atoms with Crippen molar-refractivity contribution in [3.05, 3.63) is 17.5 Å². The Hall–Kier alpha value is -0.830. The normalized spacial score (nSPS) is 11.2. The monoisotopic (exact) mass is 181 g/mol. The summed E-state index contributed by atoms with van der Waals surface area (Å²) < 4.78 is 2.04. The number of rotatable bonds is 4. The molecule has 0 aliphatic heterocycles. The van der Waals surface area contributed by atoms with E-state index in [4.69, 9.17) is 0 Å². The Morgan fingerprint density at radius 1 is 1.46 bits per heavy atom. The lowest BCUT2D eigenvalue weighted by atomic mass is 10.2. The van der Waals surface area contributed by atoms with E-state index >= 15 is 0 Å². The van der Waals surface area contributed by atoms with Crippen molar-refractivity contribution in [3.8, 4) is 0 Å². The molecule has 0 aromatic carbocycles. The molecular formula is C10H19N3. The van der Waals surface area contributed by atoms with E-state index in [1.165, 1.54) is 11.3 Å². The molecule has 0 fully saturated rings. The van der Waals surface area contributed by atoms with Crippen molar-refractivity contribution in [2.45, 2.75) is 33.9 Å². The van der Waals surface area contributed by atoms with E-state index in [1.54, 1.807) is 0 Å². The number of hydrogen-bond acceptors (Lipinski definition) is 2. The van der Waals surface area contributed by atoms with Crippen molar-refractivity contribution in [3.63, 3.8) is 0 Å². The van der Waals surface area contributed by atoms with E-state index in [0.29, 0.717) is 0 Å². The maximum absolute atomic E-state index is 4.31. The van der Waals surface area contributed by atoms with Crippen molar-refractivity contribution in [1.82, 2.24) is 14.7 Å². The van der Waals surface area contributed by atoms with Gasteiger partial charge < -0.3 is 4.90 Å². The number of aryl methyl sites for hydroxylation is 1. The Bertz CT molecular complexity index is 265. The molecule has 0 saturated heterocycles. The standard InChI is InChI=1S/C10H19N3/c1-5-12(4)8-10-7-11-13(6-2)9(10)3/h7H,5-6,8H2,1-4H3. The number of hydrogen-bond donors (Lipinski definition) is 0. The molecule has 0 amide bonds. The molecule has 0 aliphatic rings. The van der Waals surface area contributed by atoms with Crippen LogP contribution in [0.4, 0.5) is 0 Å². The number of nitrogens with zero attached hydrogens (tertiary/aromatic N) is 3. The summed E-state index contributed by atoms with van der Waals surface area (Å²) in [6.45, 7) is 9.46. The summed E-state index contributed by atoms with van der Waals surface area (Å²) in [7, 11) is 2.13. The van der Waals surface area contributed by atoms with Crippen LogP contribution in [0.3, 0.4) is 0 Å². The zero-order valence-electron chi connectivity index (χ0n) is 9.04. The smallest absolute Gasteiger partial charge is 0.0537 e. The largest absolute Gasteiger partial charge is 0.302 e. The van der Waals surface area contributed by atoms with Crippen LogP contribution in [0.15, 0.2) is 6.20 Å². The molecule has 1 aromatic rings. The third-order valence-electron chi connectivity index (χ3n) is 2.48. The van der Waals surface area contributed by atoms with Gasteiger partial charge in [-0.2, -0.15) is 5.10 Å². The molecule has 1 aromatic heterocycles. The van der Waals surface area contributed by atoms with E-state index in [2.05, 4.69) is 37.8 Å². The van der Waals surface area contributed by atoms with Crippen molar-refractivity contribution < 1.29 is 0 Å². The van der Waals surface area contributed by atoms with Crippen LogP contribution in [0.5, 0.6) is 0 Å². The average Bonchev–Trinajstić information content (AvgIpc) is 2.48. The highest BCUT2D eigenvalue weighted by molar-refractivity contribution is 5.15. The fraction of sp³-hybridized carbons (Fsp3) is 0.700. The van der Waals surface area contributed by atoms with Crippen LogP contribution >= 0.6 is 0 Å². The Kier molecular flexibility index (Phi) is 3.48.